The SMILES string of the molecule is CN(C)c1nccc(CNC(=O)c2ccc3ccccc3n2)n1. The summed E-state index contributed by atoms with van der Waals surface area (Å²) < 4.78 is 0. The molecular formula is C17H17N5O. The van der Waals surface area contributed by atoms with Gasteiger partial charge < -0.3 is 10.2 Å². The van der Waals surface area contributed by atoms with E-state index < -0.39 is 0 Å². The average molecular weight is 307 g/mol. The first-order chi connectivity index (χ1) is 11.1. The highest BCUT2D eigenvalue weighted by Gasteiger charge is 2.09. The summed E-state index contributed by atoms with van der Waals surface area (Å²) in [5, 5.41) is 3.85. The van der Waals surface area contributed by atoms with Gasteiger partial charge in [-0.2, -0.15) is 0 Å². The quantitative estimate of drug-likeness (QED) is 0.798. The fourth-order valence-electron chi connectivity index (χ4n) is 2.15. The molecule has 0 radical (unpaired) electrons. The molecule has 6 heteroatoms. The summed E-state index contributed by atoms with van der Waals surface area (Å²) in [5.41, 5.74) is 1.94. The molecule has 0 aliphatic rings. The molecule has 0 saturated carbocycles. The minimum atomic E-state index is -0.222. The van der Waals surface area contributed by atoms with Crippen molar-refractivity contribution in [1.82, 2.24) is 20.3 Å². The molecule has 3 aromatic rings. The Balaban J connectivity index is 1.72. The molecule has 0 aliphatic heterocycles. The third-order valence-electron chi connectivity index (χ3n) is 3.36. The van der Waals surface area contributed by atoms with Crippen LogP contribution in [0.2, 0.25) is 0 Å². The standard InChI is InChI=1S/C17H17N5O/c1-22(2)17-18-10-9-13(20-17)11-19-16(23)15-8-7-12-5-3-4-6-14(12)21-15/h3-10H,11H2,1-2H3,(H,19,23). The fourth-order valence-corrected chi connectivity index (χ4v) is 2.15. The summed E-state index contributed by atoms with van der Waals surface area (Å²) in [6.07, 6.45) is 1.68. The van der Waals surface area contributed by atoms with E-state index in [4.69, 9.17) is 0 Å². The first kappa shape index (κ1) is 14.9. The molecule has 0 saturated heterocycles. The molecule has 0 atom stereocenters. The van der Waals surface area contributed by atoms with Crippen LogP contribution in [-0.2, 0) is 6.54 Å². The highest BCUT2D eigenvalue weighted by Crippen LogP contribution is 2.12. The molecule has 0 bridgehead atoms. The third-order valence-corrected chi connectivity index (χ3v) is 3.36. The number of benzene rings is 1. The summed E-state index contributed by atoms with van der Waals surface area (Å²) in [4.78, 5) is 27.0. The van der Waals surface area contributed by atoms with E-state index in [1.54, 1.807) is 18.3 Å². The summed E-state index contributed by atoms with van der Waals surface area (Å²) in [5.74, 6) is 0.390. The number of hydrogen-bond donors (Lipinski definition) is 1. The van der Waals surface area contributed by atoms with Gasteiger partial charge in [-0.1, -0.05) is 24.3 Å². The van der Waals surface area contributed by atoms with Crippen LogP contribution in [0.5, 0.6) is 0 Å². The maximum atomic E-state index is 12.3. The molecule has 23 heavy (non-hydrogen) atoms. The van der Waals surface area contributed by atoms with Crippen molar-refractivity contribution in [3.05, 3.63) is 60.0 Å². The van der Waals surface area contributed by atoms with Gasteiger partial charge in [0.1, 0.15) is 5.69 Å². The molecule has 2 heterocycles. The van der Waals surface area contributed by atoms with Gasteiger partial charge in [-0.15, -0.1) is 0 Å². The van der Waals surface area contributed by atoms with Gasteiger partial charge >= 0.3 is 0 Å². The van der Waals surface area contributed by atoms with E-state index in [1.807, 2.05) is 49.3 Å². The Morgan fingerprint density at radius 2 is 1.91 bits per heavy atom. The molecule has 1 aromatic carbocycles. The van der Waals surface area contributed by atoms with Crippen LogP contribution in [0.25, 0.3) is 10.9 Å². The van der Waals surface area contributed by atoms with E-state index >= 15 is 0 Å². The number of amides is 1. The van der Waals surface area contributed by atoms with Gasteiger partial charge in [0.2, 0.25) is 5.95 Å². The van der Waals surface area contributed by atoms with Gasteiger partial charge in [0, 0.05) is 25.7 Å². The van der Waals surface area contributed by atoms with Gasteiger partial charge in [0.15, 0.2) is 0 Å². The topological polar surface area (TPSA) is 71.0 Å². The second-order valence-corrected chi connectivity index (χ2v) is 5.31. The van der Waals surface area contributed by atoms with Crippen molar-refractivity contribution < 1.29 is 4.79 Å². The molecule has 3 rings (SSSR count). The lowest BCUT2D eigenvalue weighted by Gasteiger charge is -2.11. The van der Waals surface area contributed by atoms with Gasteiger partial charge in [-0.05, 0) is 18.2 Å². The number of carbonyl (C=O) groups is 1. The van der Waals surface area contributed by atoms with E-state index in [-0.39, 0.29) is 5.91 Å². The minimum Gasteiger partial charge on any atom is -0.347 e. The zero-order valence-corrected chi connectivity index (χ0v) is 13.0. The molecule has 0 aliphatic carbocycles. The van der Waals surface area contributed by atoms with Crippen molar-refractivity contribution >= 4 is 22.8 Å². The summed E-state index contributed by atoms with van der Waals surface area (Å²) in [7, 11) is 3.74. The van der Waals surface area contributed by atoms with Gasteiger partial charge in [0.25, 0.3) is 5.91 Å². The Bertz CT molecular complexity index is 847. The van der Waals surface area contributed by atoms with Crippen LogP contribution >= 0.6 is 0 Å². The van der Waals surface area contributed by atoms with E-state index in [0.717, 1.165) is 16.6 Å². The smallest absolute Gasteiger partial charge is 0.270 e. The second-order valence-electron chi connectivity index (χ2n) is 5.31. The molecular weight excluding hydrogens is 290 g/mol. The lowest BCUT2D eigenvalue weighted by Crippen LogP contribution is -2.24. The zero-order valence-electron chi connectivity index (χ0n) is 13.0. The van der Waals surface area contributed by atoms with Gasteiger partial charge in [-0.25, -0.2) is 15.0 Å². The first-order valence-electron chi connectivity index (χ1n) is 7.27. The lowest BCUT2D eigenvalue weighted by molar-refractivity contribution is 0.0946. The average Bonchev–Trinajstić information content (AvgIpc) is 2.59. The van der Waals surface area contributed by atoms with E-state index in [0.29, 0.717) is 18.2 Å². The number of aromatic nitrogens is 3. The number of nitrogens with zero attached hydrogens (tertiary/aromatic N) is 4. The molecule has 2 aromatic heterocycles. The van der Waals surface area contributed by atoms with Crippen LogP contribution in [0.15, 0.2) is 48.7 Å². The van der Waals surface area contributed by atoms with Crippen LogP contribution < -0.4 is 10.2 Å². The van der Waals surface area contributed by atoms with Crippen molar-refractivity contribution in [3.63, 3.8) is 0 Å². The highest BCUT2D eigenvalue weighted by atomic mass is 16.1. The van der Waals surface area contributed by atoms with Gasteiger partial charge in [0.05, 0.1) is 17.8 Å². The predicted molar refractivity (Wildman–Crippen MR) is 89.3 cm³/mol. The number of anilines is 1. The van der Waals surface area contributed by atoms with Crippen LogP contribution in [0.3, 0.4) is 0 Å². The van der Waals surface area contributed by atoms with Crippen molar-refractivity contribution in [2.45, 2.75) is 6.54 Å². The van der Waals surface area contributed by atoms with Crippen molar-refractivity contribution in [3.8, 4) is 0 Å². The number of carbonyl (C=O) groups excluding carboxylic acids is 1. The van der Waals surface area contributed by atoms with E-state index in [9.17, 15) is 4.79 Å². The lowest BCUT2D eigenvalue weighted by atomic mass is 10.2. The minimum absolute atomic E-state index is 0.222. The molecule has 6 nitrogen and oxygen atoms in total. The number of pyridine rings is 1. The molecule has 0 fully saturated rings. The van der Waals surface area contributed by atoms with Crippen molar-refractivity contribution in [2.75, 3.05) is 19.0 Å². The van der Waals surface area contributed by atoms with Crippen LogP contribution in [0.4, 0.5) is 5.95 Å². The molecule has 116 valence electrons. The molecule has 1 amide bonds. The molecule has 1 N–H and O–H groups in total. The van der Waals surface area contributed by atoms with Gasteiger partial charge in [-0.3, -0.25) is 4.79 Å². The maximum Gasteiger partial charge on any atom is 0.270 e. The monoisotopic (exact) mass is 307 g/mol. The largest absolute Gasteiger partial charge is 0.347 e. The van der Waals surface area contributed by atoms with Crippen LogP contribution in [0, 0.1) is 0 Å². The molecule has 0 spiro atoms. The Morgan fingerprint density at radius 1 is 1.09 bits per heavy atom. The maximum absolute atomic E-state index is 12.3. The third kappa shape index (κ3) is 3.42. The van der Waals surface area contributed by atoms with Crippen molar-refractivity contribution in [1.29, 1.82) is 0 Å². The Labute approximate surface area is 134 Å². The Hall–Kier alpha value is -3.02. The normalized spacial score (nSPS) is 10.5. The Morgan fingerprint density at radius 3 is 2.74 bits per heavy atom. The summed E-state index contributed by atoms with van der Waals surface area (Å²) >= 11 is 0. The number of nitrogens with one attached hydrogen (secondary N) is 1. The predicted octanol–water partition coefficient (Wildman–Crippen LogP) is 2.02. The molecule has 0 unspecified atom stereocenters. The van der Waals surface area contributed by atoms with E-state index in [2.05, 4.69) is 20.3 Å². The fraction of sp³-hybridized carbons (Fsp3) is 0.176. The van der Waals surface area contributed by atoms with Crippen LogP contribution in [-0.4, -0.2) is 35.0 Å². The highest BCUT2D eigenvalue weighted by molar-refractivity contribution is 5.94. The second kappa shape index (κ2) is 6.39. The zero-order chi connectivity index (χ0) is 16.2. The van der Waals surface area contributed by atoms with Crippen molar-refractivity contribution in [2.24, 2.45) is 0 Å². The number of para-hydroxylation sites is 1. The van der Waals surface area contributed by atoms with Crippen LogP contribution in [0.1, 0.15) is 16.2 Å². The number of hydrogen-bond acceptors (Lipinski definition) is 5. The van der Waals surface area contributed by atoms with E-state index in [1.165, 1.54) is 0 Å². The summed E-state index contributed by atoms with van der Waals surface area (Å²) in [6.45, 7) is 0.330. The number of fused-ring (bicyclic) bond motifs is 1. The number of rotatable bonds is 4. The summed E-state index contributed by atoms with van der Waals surface area (Å²) in [6, 6.07) is 13.1. The Kier molecular flexibility index (Phi) is 4.14. The first-order valence-corrected chi connectivity index (χ1v) is 7.27.